The van der Waals surface area contributed by atoms with E-state index in [0.29, 0.717) is 6.42 Å². The molecule has 0 radical (unpaired) electrons. The number of aryl methyl sites for hydroxylation is 1. The first-order chi connectivity index (χ1) is 12.7. The van der Waals surface area contributed by atoms with E-state index in [1.807, 2.05) is 60.0 Å². The number of nitrogens with one attached hydrogen (secondary N) is 1. The van der Waals surface area contributed by atoms with Crippen LogP contribution in [0.25, 0.3) is 16.9 Å². The molecule has 0 saturated heterocycles. The van der Waals surface area contributed by atoms with Crippen molar-refractivity contribution in [2.75, 3.05) is 5.32 Å². The van der Waals surface area contributed by atoms with Crippen LogP contribution in [-0.2, 0) is 4.79 Å². The predicted molar refractivity (Wildman–Crippen MR) is 105 cm³/mol. The monoisotopic (exact) mass is 347 g/mol. The Bertz CT molecular complexity index is 908. The normalized spacial score (nSPS) is 14.8. The van der Waals surface area contributed by atoms with Crippen LogP contribution in [0.4, 0.5) is 5.82 Å². The van der Waals surface area contributed by atoms with E-state index >= 15 is 0 Å². The Hall–Kier alpha value is -2.62. The molecule has 4 nitrogen and oxygen atoms in total. The van der Waals surface area contributed by atoms with Crippen LogP contribution in [0.1, 0.15) is 44.1 Å². The maximum atomic E-state index is 12.6. The summed E-state index contributed by atoms with van der Waals surface area (Å²) in [6.07, 6.45) is 8.78. The molecule has 0 atom stereocenters. The molecule has 4 rings (SSSR count). The fraction of sp³-hybridized carbons (Fsp3) is 0.364. The lowest BCUT2D eigenvalue weighted by Crippen LogP contribution is -2.14. The molecule has 2 heterocycles. The van der Waals surface area contributed by atoms with Gasteiger partial charge in [-0.15, -0.1) is 0 Å². The van der Waals surface area contributed by atoms with E-state index in [1.165, 1.54) is 25.7 Å². The van der Waals surface area contributed by atoms with E-state index in [0.717, 1.165) is 40.6 Å². The molecule has 1 amide bonds. The number of rotatable bonds is 5. The number of aromatic nitrogens is 2. The second-order valence-corrected chi connectivity index (χ2v) is 7.35. The molecule has 0 bridgehead atoms. The van der Waals surface area contributed by atoms with E-state index < -0.39 is 0 Å². The minimum Gasteiger partial charge on any atom is -0.310 e. The van der Waals surface area contributed by atoms with Crippen molar-refractivity contribution < 1.29 is 4.79 Å². The molecule has 26 heavy (non-hydrogen) atoms. The molecule has 0 spiro atoms. The third-order valence-corrected chi connectivity index (χ3v) is 5.33. The summed E-state index contributed by atoms with van der Waals surface area (Å²) in [5.74, 6) is 1.57. The lowest BCUT2D eigenvalue weighted by Gasteiger charge is -2.10. The number of pyridine rings is 1. The van der Waals surface area contributed by atoms with Crippen LogP contribution < -0.4 is 5.32 Å². The zero-order chi connectivity index (χ0) is 17.9. The fourth-order valence-electron chi connectivity index (χ4n) is 3.90. The second kappa shape index (κ2) is 7.32. The van der Waals surface area contributed by atoms with Gasteiger partial charge in [-0.05, 0) is 30.9 Å². The van der Waals surface area contributed by atoms with E-state index in [1.54, 1.807) is 0 Å². The lowest BCUT2D eigenvalue weighted by molar-refractivity contribution is -0.116. The number of imidazole rings is 1. The molecular weight excluding hydrogens is 322 g/mol. The molecule has 1 aliphatic rings. The highest BCUT2D eigenvalue weighted by atomic mass is 16.1. The van der Waals surface area contributed by atoms with Gasteiger partial charge in [-0.1, -0.05) is 62.1 Å². The summed E-state index contributed by atoms with van der Waals surface area (Å²) in [5.41, 5.74) is 3.82. The first kappa shape index (κ1) is 16.8. The zero-order valence-corrected chi connectivity index (χ0v) is 15.2. The number of carbonyl (C=O) groups is 1. The minimum atomic E-state index is 0.0809. The Morgan fingerprint density at radius 1 is 1.15 bits per heavy atom. The Morgan fingerprint density at radius 3 is 2.69 bits per heavy atom. The molecule has 1 N–H and O–H groups in total. The van der Waals surface area contributed by atoms with Gasteiger partial charge < -0.3 is 5.32 Å². The van der Waals surface area contributed by atoms with Crippen LogP contribution in [0.3, 0.4) is 0 Å². The number of carbonyl (C=O) groups excluding carboxylic acids is 1. The van der Waals surface area contributed by atoms with Crippen molar-refractivity contribution >= 4 is 17.4 Å². The summed E-state index contributed by atoms with van der Waals surface area (Å²) in [6, 6.07) is 14.1. The van der Waals surface area contributed by atoms with Crippen LogP contribution >= 0.6 is 0 Å². The van der Waals surface area contributed by atoms with Crippen LogP contribution in [0, 0.1) is 12.8 Å². The maximum Gasteiger partial charge on any atom is 0.225 e. The van der Waals surface area contributed by atoms with Crippen LogP contribution in [0.15, 0.2) is 48.7 Å². The van der Waals surface area contributed by atoms with Gasteiger partial charge >= 0.3 is 0 Å². The summed E-state index contributed by atoms with van der Waals surface area (Å²) in [5, 5.41) is 3.14. The maximum absolute atomic E-state index is 12.6. The number of hydrogen-bond acceptors (Lipinski definition) is 2. The van der Waals surface area contributed by atoms with Gasteiger partial charge in [0.25, 0.3) is 0 Å². The molecular formula is C22H25N3O. The van der Waals surface area contributed by atoms with E-state index in [-0.39, 0.29) is 5.91 Å². The van der Waals surface area contributed by atoms with Crippen molar-refractivity contribution in [2.24, 2.45) is 5.92 Å². The molecule has 134 valence electrons. The summed E-state index contributed by atoms with van der Waals surface area (Å²) < 4.78 is 1.99. The van der Waals surface area contributed by atoms with Crippen molar-refractivity contribution in [3.8, 4) is 11.3 Å². The SMILES string of the molecule is Cc1ccc2nc(-c3ccccc3)c(NC(=O)CCC3CCCC3)n2c1. The average molecular weight is 347 g/mol. The predicted octanol–water partition coefficient (Wildman–Crippen LogP) is 5.22. The van der Waals surface area contributed by atoms with E-state index in [9.17, 15) is 4.79 Å². The van der Waals surface area contributed by atoms with Crippen LogP contribution in [0.5, 0.6) is 0 Å². The first-order valence-electron chi connectivity index (χ1n) is 9.55. The van der Waals surface area contributed by atoms with Crippen molar-refractivity contribution in [3.05, 3.63) is 54.2 Å². The summed E-state index contributed by atoms with van der Waals surface area (Å²) in [4.78, 5) is 17.4. The molecule has 3 aromatic rings. The van der Waals surface area contributed by atoms with Crippen LogP contribution in [0.2, 0.25) is 0 Å². The molecule has 0 unspecified atom stereocenters. The number of hydrogen-bond donors (Lipinski definition) is 1. The lowest BCUT2D eigenvalue weighted by atomic mass is 10.0. The summed E-state index contributed by atoms with van der Waals surface area (Å²) in [7, 11) is 0. The largest absolute Gasteiger partial charge is 0.310 e. The van der Waals surface area contributed by atoms with Crippen molar-refractivity contribution in [1.82, 2.24) is 9.38 Å². The third-order valence-electron chi connectivity index (χ3n) is 5.33. The van der Waals surface area contributed by atoms with E-state index in [2.05, 4.69) is 5.32 Å². The van der Waals surface area contributed by atoms with Gasteiger partial charge in [0.05, 0.1) is 0 Å². The second-order valence-electron chi connectivity index (χ2n) is 7.35. The molecule has 1 fully saturated rings. The van der Waals surface area contributed by atoms with Gasteiger partial charge in [-0.25, -0.2) is 4.98 Å². The third kappa shape index (κ3) is 3.50. The molecule has 4 heteroatoms. The molecule has 1 aliphatic carbocycles. The first-order valence-corrected chi connectivity index (χ1v) is 9.55. The average Bonchev–Trinajstić information content (AvgIpc) is 3.29. The molecule has 1 saturated carbocycles. The Labute approximate surface area is 154 Å². The molecule has 1 aromatic carbocycles. The summed E-state index contributed by atoms with van der Waals surface area (Å²) >= 11 is 0. The van der Waals surface area contributed by atoms with Gasteiger partial charge in [0.1, 0.15) is 17.2 Å². The summed E-state index contributed by atoms with van der Waals surface area (Å²) in [6.45, 7) is 2.05. The molecule has 0 aliphatic heterocycles. The van der Waals surface area contributed by atoms with E-state index in [4.69, 9.17) is 4.98 Å². The van der Waals surface area contributed by atoms with Crippen LogP contribution in [-0.4, -0.2) is 15.3 Å². The number of anilines is 1. The zero-order valence-electron chi connectivity index (χ0n) is 15.2. The number of fused-ring (bicyclic) bond motifs is 1. The highest BCUT2D eigenvalue weighted by Crippen LogP contribution is 2.31. The Morgan fingerprint density at radius 2 is 1.92 bits per heavy atom. The number of amides is 1. The van der Waals surface area contributed by atoms with Gasteiger partial charge in [-0.2, -0.15) is 0 Å². The van der Waals surface area contributed by atoms with Gasteiger partial charge in [0.15, 0.2) is 0 Å². The Kier molecular flexibility index (Phi) is 4.74. The highest BCUT2D eigenvalue weighted by molar-refractivity contribution is 5.94. The van der Waals surface area contributed by atoms with Crippen molar-refractivity contribution in [1.29, 1.82) is 0 Å². The highest BCUT2D eigenvalue weighted by Gasteiger charge is 2.19. The quantitative estimate of drug-likeness (QED) is 0.688. The van der Waals surface area contributed by atoms with Gasteiger partial charge in [-0.3, -0.25) is 9.20 Å². The minimum absolute atomic E-state index is 0.0809. The number of benzene rings is 1. The van der Waals surface area contributed by atoms with Crippen molar-refractivity contribution in [3.63, 3.8) is 0 Å². The van der Waals surface area contributed by atoms with Gasteiger partial charge in [0.2, 0.25) is 5.91 Å². The fourth-order valence-corrected chi connectivity index (χ4v) is 3.90. The standard InChI is InChI=1S/C22H25N3O/c1-16-11-13-19-23-21(18-9-3-2-4-10-18)22(25(19)15-16)24-20(26)14-12-17-7-5-6-8-17/h2-4,9-11,13,15,17H,5-8,12,14H2,1H3,(H,24,26). The molecule has 2 aromatic heterocycles. The number of nitrogens with zero attached hydrogens (tertiary/aromatic N) is 2. The van der Waals surface area contributed by atoms with Crippen molar-refractivity contribution in [2.45, 2.75) is 45.4 Å². The Balaban J connectivity index is 1.63. The topological polar surface area (TPSA) is 46.4 Å². The smallest absolute Gasteiger partial charge is 0.225 e. The van der Waals surface area contributed by atoms with Gasteiger partial charge in [0, 0.05) is 18.2 Å².